The Kier molecular flexibility index (Phi) is 12.1. The largest absolute Gasteiger partial charge is 0.396 e. The molecule has 0 aliphatic heterocycles. The Hall–Kier alpha value is -0.120. The van der Waals surface area contributed by atoms with Crippen molar-refractivity contribution in [2.75, 3.05) is 13.2 Å². The van der Waals surface area contributed by atoms with Crippen LogP contribution in [0, 0.1) is 5.92 Å². The van der Waals surface area contributed by atoms with E-state index in [1.807, 2.05) is 0 Å². The second-order valence-electron chi connectivity index (χ2n) is 2.84. The number of rotatable bonds is 6. The van der Waals surface area contributed by atoms with Crippen LogP contribution in [0.25, 0.3) is 0 Å². The molecule has 0 aliphatic rings. The van der Waals surface area contributed by atoms with Crippen LogP contribution in [0.5, 0.6) is 0 Å². The molecule has 0 amide bonds. The minimum absolute atomic E-state index is 0. The van der Waals surface area contributed by atoms with Crippen LogP contribution in [0.15, 0.2) is 0 Å². The molecule has 0 heterocycles. The minimum atomic E-state index is 0. The van der Waals surface area contributed by atoms with Crippen LogP contribution >= 0.6 is 0 Å². The highest BCUT2D eigenvalue weighted by molar-refractivity contribution is 4.51. The molecule has 1 atom stereocenters. The molecule has 0 saturated carbocycles. The van der Waals surface area contributed by atoms with Crippen LogP contribution in [-0.4, -0.2) is 23.4 Å². The molecule has 0 aromatic rings. The zero-order chi connectivity index (χ0) is 7.82. The van der Waals surface area contributed by atoms with E-state index in [1.165, 1.54) is 0 Å². The standard InChI is InChI=1S/C8H18O2.H3N/c1-8(5-7-10)4-2-3-6-9;/h8-10H,2-7H2,1H3;1H3. The molecule has 0 aromatic carbocycles. The Morgan fingerprint density at radius 1 is 1.00 bits per heavy atom. The van der Waals surface area contributed by atoms with Crippen LogP contribution in [0.2, 0.25) is 0 Å². The van der Waals surface area contributed by atoms with Gasteiger partial charge in [-0.15, -0.1) is 0 Å². The maximum atomic E-state index is 8.54. The van der Waals surface area contributed by atoms with Crippen LogP contribution < -0.4 is 6.15 Å². The van der Waals surface area contributed by atoms with Gasteiger partial charge in [-0.1, -0.05) is 19.8 Å². The molecule has 3 nitrogen and oxygen atoms in total. The highest BCUT2D eigenvalue weighted by atomic mass is 16.3. The number of aliphatic hydroxyl groups excluding tert-OH is 2. The number of hydrogen-bond acceptors (Lipinski definition) is 3. The average molecular weight is 163 g/mol. The van der Waals surface area contributed by atoms with Gasteiger partial charge in [0, 0.05) is 13.2 Å². The summed E-state index contributed by atoms with van der Waals surface area (Å²) in [5.74, 6) is 0.608. The molecule has 0 aromatic heterocycles. The Morgan fingerprint density at radius 3 is 2.09 bits per heavy atom. The Balaban J connectivity index is 0. The molecule has 0 aliphatic carbocycles. The van der Waals surface area contributed by atoms with E-state index < -0.39 is 0 Å². The molecular formula is C8H21NO2. The lowest BCUT2D eigenvalue weighted by Crippen LogP contribution is -1.98. The van der Waals surface area contributed by atoms with Crippen LogP contribution in [0.3, 0.4) is 0 Å². The van der Waals surface area contributed by atoms with E-state index in [0.717, 1.165) is 25.7 Å². The van der Waals surface area contributed by atoms with Gasteiger partial charge in [-0.25, -0.2) is 0 Å². The fourth-order valence-corrected chi connectivity index (χ4v) is 0.969. The third-order valence-electron chi connectivity index (χ3n) is 1.73. The summed E-state index contributed by atoms with van der Waals surface area (Å²) in [5, 5.41) is 17.0. The van der Waals surface area contributed by atoms with Gasteiger partial charge >= 0.3 is 0 Å². The van der Waals surface area contributed by atoms with Gasteiger partial charge in [-0.2, -0.15) is 0 Å². The highest BCUT2D eigenvalue weighted by Gasteiger charge is 1.99. The predicted octanol–water partition coefficient (Wildman–Crippen LogP) is 1.33. The molecule has 11 heavy (non-hydrogen) atoms. The first kappa shape index (κ1) is 13.5. The number of unbranched alkanes of at least 4 members (excludes halogenated alkanes) is 1. The maximum Gasteiger partial charge on any atom is 0.0433 e. The van der Waals surface area contributed by atoms with Crippen molar-refractivity contribution < 1.29 is 10.2 Å². The van der Waals surface area contributed by atoms with Gasteiger partial charge in [0.05, 0.1) is 0 Å². The summed E-state index contributed by atoms with van der Waals surface area (Å²) >= 11 is 0. The first-order valence-corrected chi connectivity index (χ1v) is 4.03. The van der Waals surface area contributed by atoms with Crippen molar-refractivity contribution in [1.29, 1.82) is 0 Å². The van der Waals surface area contributed by atoms with E-state index >= 15 is 0 Å². The summed E-state index contributed by atoms with van der Waals surface area (Å²) in [5.41, 5.74) is 0. The fraction of sp³-hybridized carbons (Fsp3) is 1.00. The van der Waals surface area contributed by atoms with Gasteiger partial charge in [0.1, 0.15) is 0 Å². The Labute approximate surface area is 69.0 Å². The molecule has 0 rings (SSSR count). The van der Waals surface area contributed by atoms with E-state index in [1.54, 1.807) is 0 Å². The van der Waals surface area contributed by atoms with E-state index in [0.29, 0.717) is 19.1 Å². The van der Waals surface area contributed by atoms with Crippen molar-refractivity contribution in [2.24, 2.45) is 5.92 Å². The summed E-state index contributed by atoms with van der Waals surface area (Å²) < 4.78 is 0. The van der Waals surface area contributed by atoms with E-state index in [2.05, 4.69) is 6.92 Å². The predicted molar refractivity (Wildman–Crippen MR) is 46.8 cm³/mol. The first-order chi connectivity index (χ1) is 4.81. The van der Waals surface area contributed by atoms with Gasteiger partial charge in [0.15, 0.2) is 0 Å². The molecule has 0 bridgehead atoms. The zero-order valence-electron chi connectivity index (χ0n) is 7.42. The molecule has 1 unspecified atom stereocenters. The Bertz CT molecular complexity index is 69.1. The lowest BCUT2D eigenvalue weighted by Gasteiger charge is -2.07. The molecule has 3 heteroatoms. The quantitative estimate of drug-likeness (QED) is 0.517. The van der Waals surface area contributed by atoms with Crippen molar-refractivity contribution in [3.05, 3.63) is 0 Å². The first-order valence-electron chi connectivity index (χ1n) is 4.03. The third-order valence-corrected chi connectivity index (χ3v) is 1.73. The summed E-state index contributed by atoms with van der Waals surface area (Å²) in [6, 6.07) is 0. The van der Waals surface area contributed by atoms with Crippen molar-refractivity contribution in [3.63, 3.8) is 0 Å². The summed E-state index contributed by atoms with van der Waals surface area (Å²) in [6.07, 6.45) is 4.00. The van der Waals surface area contributed by atoms with E-state index in [4.69, 9.17) is 10.2 Å². The maximum absolute atomic E-state index is 8.54. The summed E-state index contributed by atoms with van der Waals surface area (Å²) in [7, 11) is 0. The molecule has 0 radical (unpaired) electrons. The molecule has 0 spiro atoms. The van der Waals surface area contributed by atoms with Gasteiger partial charge in [0.25, 0.3) is 0 Å². The average Bonchev–Trinajstić information content (AvgIpc) is 1.89. The van der Waals surface area contributed by atoms with Crippen molar-refractivity contribution >= 4 is 0 Å². The van der Waals surface area contributed by atoms with Gasteiger partial charge in [-0.3, -0.25) is 0 Å². The Morgan fingerprint density at radius 2 is 1.64 bits per heavy atom. The van der Waals surface area contributed by atoms with Gasteiger partial charge < -0.3 is 16.4 Å². The smallest absolute Gasteiger partial charge is 0.0433 e. The molecule has 0 saturated heterocycles. The van der Waals surface area contributed by atoms with Gasteiger partial charge in [-0.05, 0) is 18.8 Å². The lowest BCUT2D eigenvalue weighted by molar-refractivity contribution is 0.248. The third kappa shape index (κ3) is 9.88. The van der Waals surface area contributed by atoms with Crippen LogP contribution in [-0.2, 0) is 0 Å². The highest BCUT2D eigenvalue weighted by Crippen LogP contribution is 2.10. The zero-order valence-corrected chi connectivity index (χ0v) is 7.42. The van der Waals surface area contributed by atoms with E-state index in [-0.39, 0.29) is 6.15 Å². The second-order valence-corrected chi connectivity index (χ2v) is 2.84. The van der Waals surface area contributed by atoms with Crippen LogP contribution in [0.1, 0.15) is 32.6 Å². The molecule has 70 valence electrons. The normalized spacial score (nSPS) is 12.3. The topological polar surface area (TPSA) is 75.5 Å². The van der Waals surface area contributed by atoms with Crippen molar-refractivity contribution in [2.45, 2.75) is 32.6 Å². The van der Waals surface area contributed by atoms with E-state index in [9.17, 15) is 0 Å². The second kappa shape index (κ2) is 9.88. The van der Waals surface area contributed by atoms with Crippen molar-refractivity contribution in [3.8, 4) is 0 Å². The van der Waals surface area contributed by atoms with Crippen LogP contribution in [0.4, 0.5) is 0 Å². The van der Waals surface area contributed by atoms with Gasteiger partial charge in [0.2, 0.25) is 0 Å². The molecular weight excluding hydrogens is 142 g/mol. The summed E-state index contributed by atoms with van der Waals surface area (Å²) in [4.78, 5) is 0. The SMILES string of the molecule is CC(CCO)CCCCO.N. The van der Waals surface area contributed by atoms with Crippen molar-refractivity contribution in [1.82, 2.24) is 6.15 Å². The minimum Gasteiger partial charge on any atom is -0.396 e. The number of hydrogen-bond donors (Lipinski definition) is 3. The monoisotopic (exact) mass is 163 g/mol. The summed E-state index contributed by atoms with van der Waals surface area (Å²) in [6.45, 7) is 2.72. The number of aliphatic hydroxyl groups is 2. The molecule has 0 fully saturated rings. The molecule has 5 N–H and O–H groups in total. The lowest BCUT2D eigenvalue weighted by atomic mass is 10.0. The fourth-order valence-electron chi connectivity index (χ4n) is 0.969.